The van der Waals surface area contributed by atoms with Gasteiger partial charge in [-0.15, -0.1) is 0 Å². The zero-order valence-electron chi connectivity index (χ0n) is 9.00. The molecule has 0 saturated heterocycles. The van der Waals surface area contributed by atoms with E-state index in [1.807, 2.05) is 0 Å². The van der Waals surface area contributed by atoms with Crippen LogP contribution in [-0.4, -0.2) is 5.78 Å². The van der Waals surface area contributed by atoms with Gasteiger partial charge < -0.3 is 4.74 Å². The highest BCUT2D eigenvalue weighted by atomic mass is 19.4. The molecule has 1 aliphatic rings. The quantitative estimate of drug-likeness (QED) is 0.723. The molecule has 0 aromatic heterocycles. The summed E-state index contributed by atoms with van der Waals surface area (Å²) in [6.45, 7) is 0. The van der Waals surface area contributed by atoms with Crippen LogP contribution < -0.4 is 0 Å². The molecule has 96 valence electrons. The van der Waals surface area contributed by atoms with E-state index in [0.29, 0.717) is 6.07 Å². The molecule has 1 unspecified atom stereocenters. The molecule has 0 bridgehead atoms. The van der Waals surface area contributed by atoms with Crippen LogP contribution >= 0.6 is 0 Å². The lowest BCUT2D eigenvalue weighted by molar-refractivity contribution is -0.140. The van der Waals surface area contributed by atoms with Crippen LogP contribution in [-0.2, 0) is 15.7 Å². The molecule has 1 heterocycles. The fraction of sp³-hybridized carbons (Fsp3) is 0.250. The van der Waals surface area contributed by atoms with Gasteiger partial charge in [0, 0.05) is 6.08 Å². The van der Waals surface area contributed by atoms with Crippen molar-refractivity contribution in [2.75, 3.05) is 0 Å². The second-order valence-electron chi connectivity index (χ2n) is 3.83. The number of rotatable bonds is 1. The molecular weight excluding hydrogens is 252 g/mol. The third-order valence-corrected chi connectivity index (χ3v) is 2.55. The Morgan fingerprint density at radius 1 is 1.28 bits per heavy atom. The Kier molecular flexibility index (Phi) is 3.11. The molecule has 0 radical (unpaired) electrons. The Morgan fingerprint density at radius 2 is 2.00 bits per heavy atom. The van der Waals surface area contributed by atoms with Crippen molar-refractivity contribution in [2.24, 2.45) is 0 Å². The van der Waals surface area contributed by atoms with Crippen LogP contribution in [0.2, 0.25) is 0 Å². The number of halogens is 4. The van der Waals surface area contributed by atoms with Crippen LogP contribution in [0.25, 0.3) is 0 Å². The molecule has 1 aromatic carbocycles. The maximum absolute atomic E-state index is 13.1. The van der Waals surface area contributed by atoms with Gasteiger partial charge in [-0.1, -0.05) is 6.07 Å². The molecule has 6 heteroatoms. The van der Waals surface area contributed by atoms with Gasteiger partial charge >= 0.3 is 6.18 Å². The number of hydrogen-bond donors (Lipinski definition) is 0. The highest BCUT2D eigenvalue weighted by Crippen LogP contribution is 2.34. The van der Waals surface area contributed by atoms with Crippen molar-refractivity contribution in [3.63, 3.8) is 0 Å². The predicted octanol–water partition coefficient (Wildman–Crippen LogP) is 3.39. The highest BCUT2D eigenvalue weighted by molar-refractivity contribution is 5.90. The summed E-state index contributed by atoms with van der Waals surface area (Å²) in [6, 6.07) is 2.58. The molecule has 18 heavy (non-hydrogen) atoms. The van der Waals surface area contributed by atoms with E-state index in [9.17, 15) is 22.4 Å². The van der Waals surface area contributed by atoms with Gasteiger partial charge in [0.15, 0.2) is 5.78 Å². The summed E-state index contributed by atoms with van der Waals surface area (Å²) in [4.78, 5) is 11.1. The van der Waals surface area contributed by atoms with Gasteiger partial charge in [0.05, 0.1) is 18.2 Å². The summed E-state index contributed by atoms with van der Waals surface area (Å²) in [6.07, 6.45) is -3.30. The van der Waals surface area contributed by atoms with E-state index in [-0.39, 0.29) is 17.8 Å². The molecule has 2 rings (SSSR count). The minimum Gasteiger partial charge on any atom is -0.493 e. The Balaban J connectivity index is 2.36. The maximum atomic E-state index is 13.1. The van der Waals surface area contributed by atoms with Crippen molar-refractivity contribution in [2.45, 2.75) is 18.7 Å². The van der Waals surface area contributed by atoms with Gasteiger partial charge in [-0.2, -0.15) is 13.2 Å². The largest absolute Gasteiger partial charge is 0.493 e. The van der Waals surface area contributed by atoms with Crippen molar-refractivity contribution < 1.29 is 27.1 Å². The zero-order valence-corrected chi connectivity index (χ0v) is 9.00. The maximum Gasteiger partial charge on any atom is 0.419 e. The molecule has 0 saturated carbocycles. The number of alkyl halides is 3. The van der Waals surface area contributed by atoms with Crippen molar-refractivity contribution in [3.05, 3.63) is 47.5 Å². The van der Waals surface area contributed by atoms with Crippen LogP contribution in [0.5, 0.6) is 0 Å². The summed E-state index contributed by atoms with van der Waals surface area (Å²) in [5.41, 5.74) is -1.23. The van der Waals surface area contributed by atoms with Crippen LogP contribution in [0.1, 0.15) is 23.7 Å². The predicted molar refractivity (Wildman–Crippen MR) is 54.0 cm³/mol. The topological polar surface area (TPSA) is 26.3 Å². The molecule has 1 aliphatic heterocycles. The van der Waals surface area contributed by atoms with Crippen LogP contribution in [0.4, 0.5) is 17.6 Å². The molecule has 1 aromatic rings. The Hall–Kier alpha value is -1.85. The molecule has 0 amide bonds. The Bertz CT molecular complexity index is 505. The van der Waals surface area contributed by atoms with Crippen molar-refractivity contribution in [1.82, 2.24) is 0 Å². The van der Waals surface area contributed by atoms with Gasteiger partial charge in [0.1, 0.15) is 11.9 Å². The average Bonchev–Trinajstić information content (AvgIpc) is 2.28. The van der Waals surface area contributed by atoms with E-state index in [1.165, 1.54) is 12.1 Å². The number of ether oxygens (including phenoxy) is 1. The fourth-order valence-corrected chi connectivity index (χ4v) is 1.67. The summed E-state index contributed by atoms with van der Waals surface area (Å²) in [5.74, 6) is -1.59. The molecule has 0 spiro atoms. The normalized spacial score (nSPS) is 19.8. The van der Waals surface area contributed by atoms with Gasteiger partial charge in [0.25, 0.3) is 0 Å². The minimum atomic E-state index is -4.77. The lowest BCUT2D eigenvalue weighted by atomic mass is 10.00. The summed E-state index contributed by atoms with van der Waals surface area (Å²) >= 11 is 0. The van der Waals surface area contributed by atoms with E-state index in [1.54, 1.807) is 0 Å². The highest BCUT2D eigenvalue weighted by Gasteiger charge is 2.35. The van der Waals surface area contributed by atoms with Crippen molar-refractivity contribution in [3.8, 4) is 0 Å². The SMILES string of the molecule is O=C1C=COC(c2ccc(F)c(C(F)(F)F)c2)C1. The Morgan fingerprint density at radius 3 is 2.61 bits per heavy atom. The van der Waals surface area contributed by atoms with E-state index >= 15 is 0 Å². The summed E-state index contributed by atoms with van der Waals surface area (Å²) < 4.78 is 55.7. The van der Waals surface area contributed by atoms with Gasteiger partial charge in [0.2, 0.25) is 0 Å². The summed E-state index contributed by atoms with van der Waals surface area (Å²) in [7, 11) is 0. The molecule has 0 fully saturated rings. The average molecular weight is 260 g/mol. The third kappa shape index (κ3) is 2.52. The second-order valence-corrected chi connectivity index (χ2v) is 3.83. The van der Waals surface area contributed by atoms with E-state index in [0.717, 1.165) is 12.3 Å². The van der Waals surface area contributed by atoms with Gasteiger partial charge in [-0.3, -0.25) is 4.79 Å². The van der Waals surface area contributed by atoms with E-state index < -0.39 is 23.7 Å². The van der Waals surface area contributed by atoms with E-state index in [2.05, 4.69) is 0 Å². The molecule has 2 nitrogen and oxygen atoms in total. The molecular formula is C12H8F4O2. The van der Waals surface area contributed by atoms with Crippen molar-refractivity contribution in [1.29, 1.82) is 0 Å². The first-order valence-corrected chi connectivity index (χ1v) is 5.09. The lowest BCUT2D eigenvalue weighted by Crippen LogP contribution is -2.14. The number of hydrogen-bond acceptors (Lipinski definition) is 2. The number of benzene rings is 1. The number of carbonyl (C=O) groups is 1. The first kappa shape index (κ1) is 12.6. The molecule has 1 atom stereocenters. The van der Waals surface area contributed by atoms with Gasteiger partial charge in [-0.25, -0.2) is 4.39 Å². The monoisotopic (exact) mass is 260 g/mol. The van der Waals surface area contributed by atoms with Crippen LogP contribution in [0.15, 0.2) is 30.5 Å². The lowest BCUT2D eigenvalue weighted by Gasteiger charge is -2.20. The first-order chi connectivity index (χ1) is 8.38. The smallest absolute Gasteiger partial charge is 0.419 e. The first-order valence-electron chi connectivity index (χ1n) is 5.09. The number of carbonyl (C=O) groups excluding carboxylic acids is 1. The number of allylic oxidation sites excluding steroid dienone is 1. The Labute approximate surface area is 99.9 Å². The number of ketones is 1. The molecule has 0 N–H and O–H groups in total. The zero-order chi connectivity index (χ0) is 13.3. The fourth-order valence-electron chi connectivity index (χ4n) is 1.67. The van der Waals surface area contributed by atoms with Crippen molar-refractivity contribution >= 4 is 5.78 Å². The van der Waals surface area contributed by atoms with Crippen LogP contribution in [0.3, 0.4) is 0 Å². The third-order valence-electron chi connectivity index (χ3n) is 2.55. The second kappa shape index (κ2) is 4.44. The molecule has 0 aliphatic carbocycles. The van der Waals surface area contributed by atoms with Crippen LogP contribution in [0, 0.1) is 5.82 Å². The standard InChI is InChI=1S/C12H8F4O2/c13-10-2-1-7(5-9(10)12(14,15)16)11-6-8(17)3-4-18-11/h1-5,11H,6H2. The van der Waals surface area contributed by atoms with E-state index in [4.69, 9.17) is 4.74 Å². The minimum absolute atomic E-state index is 0.0561. The summed E-state index contributed by atoms with van der Waals surface area (Å²) in [5, 5.41) is 0. The van der Waals surface area contributed by atoms with Gasteiger partial charge in [-0.05, 0) is 17.7 Å².